The molecule has 0 N–H and O–H groups in total. The quantitative estimate of drug-likeness (QED) is 0.595. The van der Waals surface area contributed by atoms with Crippen LogP contribution in [0.3, 0.4) is 0 Å². The molecule has 4 nitrogen and oxygen atoms in total. The van der Waals surface area contributed by atoms with Crippen LogP contribution in [0.4, 0.5) is 0 Å². The highest BCUT2D eigenvalue weighted by Crippen LogP contribution is 2.19. The number of fused-ring (bicyclic) bond motifs is 2. The molecule has 0 amide bonds. The lowest BCUT2D eigenvalue weighted by Gasteiger charge is -2.11. The second-order valence-corrected chi connectivity index (χ2v) is 6.63. The molecule has 0 fully saturated rings. The Kier molecular flexibility index (Phi) is 4.07. The van der Waals surface area contributed by atoms with Crippen LogP contribution in [0.15, 0.2) is 47.4 Å². The number of rotatable bonds is 0. The van der Waals surface area contributed by atoms with Crippen LogP contribution in [0.25, 0.3) is 10.9 Å². The first-order chi connectivity index (χ1) is 12.2. The van der Waals surface area contributed by atoms with Crippen molar-refractivity contribution in [3.05, 3.63) is 70.0 Å². The zero-order valence-electron chi connectivity index (χ0n) is 14.2. The topological polar surface area (TPSA) is 47.8 Å². The average molecular weight is 329 g/mol. The van der Waals surface area contributed by atoms with Crippen molar-refractivity contribution in [1.82, 2.24) is 14.5 Å². The molecule has 1 aromatic carbocycles. The molecule has 0 saturated carbocycles. The smallest absolute Gasteiger partial charge is 0.261 e. The highest BCUT2D eigenvalue weighted by Gasteiger charge is 2.17. The lowest BCUT2D eigenvalue weighted by Crippen LogP contribution is -2.24. The highest BCUT2D eigenvalue weighted by atomic mass is 16.1. The van der Waals surface area contributed by atoms with E-state index in [-0.39, 0.29) is 5.56 Å². The summed E-state index contributed by atoms with van der Waals surface area (Å²) < 4.78 is 1.85. The standard InChI is InChI=1S/C21H19N3O/c1-15-5-4-12-24-20(13-15)23-19-14-16(8-10-18(19)21(24)25)7-9-17-6-2-3-11-22-17/h2-3,6,8,10-11,14-15H,4-5,12-13H2,1H3/t15-/m0/s1. The van der Waals surface area contributed by atoms with E-state index >= 15 is 0 Å². The Balaban J connectivity index is 1.79. The first kappa shape index (κ1) is 15.6. The summed E-state index contributed by atoms with van der Waals surface area (Å²) in [6.45, 7) is 2.99. The minimum absolute atomic E-state index is 0.0679. The number of hydrogen-bond acceptors (Lipinski definition) is 3. The fraction of sp³-hybridized carbons (Fsp3) is 0.286. The van der Waals surface area contributed by atoms with Gasteiger partial charge in [-0.05, 0) is 55.0 Å². The molecule has 0 radical (unpaired) electrons. The Morgan fingerprint density at radius 2 is 2.12 bits per heavy atom. The molecule has 25 heavy (non-hydrogen) atoms. The zero-order valence-corrected chi connectivity index (χ0v) is 14.2. The number of benzene rings is 1. The minimum Gasteiger partial charge on any atom is -0.296 e. The molecule has 0 unspecified atom stereocenters. The number of nitrogens with zero attached hydrogens (tertiary/aromatic N) is 3. The molecule has 1 aliphatic rings. The molecule has 3 heterocycles. The summed E-state index contributed by atoms with van der Waals surface area (Å²) >= 11 is 0. The number of pyridine rings is 1. The van der Waals surface area contributed by atoms with Gasteiger partial charge in [-0.2, -0.15) is 0 Å². The summed E-state index contributed by atoms with van der Waals surface area (Å²) in [5, 5.41) is 0.668. The predicted octanol–water partition coefficient (Wildman–Crippen LogP) is 3.16. The first-order valence-corrected chi connectivity index (χ1v) is 8.67. The Labute approximate surface area is 146 Å². The van der Waals surface area contributed by atoms with Crippen LogP contribution >= 0.6 is 0 Å². The summed E-state index contributed by atoms with van der Waals surface area (Å²) in [6.07, 6.45) is 4.76. The maximum absolute atomic E-state index is 12.8. The summed E-state index contributed by atoms with van der Waals surface area (Å²) in [6, 6.07) is 11.3. The molecule has 1 aliphatic heterocycles. The van der Waals surface area contributed by atoms with Gasteiger partial charge in [0.05, 0.1) is 10.9 Å². The van der Waals surface area contributed by atoms with E-state index in [2.05, 4.69) is 23.7 Å². The fourth-order valence-electron chi connectivity index (χ4n) is 3.32. The van der Waals surface area contributed by atoms with E-state index in [9.17, 15) is 4.79 Å². The maximum atomic E-state index is 12.8. The third-order valence-corrected chi connectivity index (χ3v) is 4.64. The van der Waals surface area contributed by atoms with E-state index in [0.717, 1.165) is 48.4 Å². The molecule has 0 aliphatic carbocycles. The normalized spacial score (nSPS) is 16.6. The van der Waals surface area contributed by atoms with Crippen molar-refractivity contribution in [2.75, 3.05) is 0 Å². The van der Waals surface area contributed by atoms with Crippen molar-refractivity contribution in [2.45, 2.75) is 32.7 Å². The van der Waals surface area contributed by atoms with E-state index in [4.69, 9.17) is 4.98 Å². The lowest BCUT2D eigenvalue weighted by atomic mass is 10.0. The molecule has 4 heteroatoms. The van der Waals surface area contributed by atoms with Crippen molar-refractivity contribution in [2.24, 2.45) is 5.92 Å². The van der Waals surface area contributed by atoms with Crippen LogP contribution in [0.2, 0.25) is 0 Å². The average Bonchev–Trinajstić information content (AvgIpc) is 2.82. The Morgan fingerprint density at radius 3 is 2.96 bits per heavy atom. The van der Waals surface area contributed by atoms with E-state index in [1.165, 1.54) is 0 Å². The van der Waals surface area contributed by atoms with E-state index in [0.29, 0.717) is 11.3 Å². The van der Waals surface area contributed by atoms with Gasteiger partial charge in [0.25, 0.3) is 5.56 Å². The largest absolute Gasteiger partial charge is 0.296 e. The third-order valence-electron chi connectivity index (χ3n) is 4.64. The van der Waals surface area contributed by atoms with Gasteiger partial charge < -0.3 is 0 Å². The summed E-state index contributed by atoms with van der Waals surface area (Å²) in [7, 11) is 0. The van der Waals surface area contributed by atoms with Crippen LogP contribution in [-0.2, 0) is 13.0 Å². The molecular formula is C21H19N3O. The number of hydrogen-bond donors (Lipinski definition) is 0. The van der Waals surface area contributed by atoms with Crippen molar-refractivity contribution in [3.63, 3.8) is 0 Å². The van der Waals surface area contributed by atoms with Crippen molar-refractivity contribution in [1.29, 1.82) is 0 Å². The summed E-state index contributed by atoms with van der Waals surface area (Å²) in [4.78, 5) is 21.8. The highest BCUT2D eigenvalue weighted by molar-refractivity contribution is 5.79. The van der Waals surface area contributed by atoms with Gasteiger partial charge in [0.15, 0.2) is 0 Å². The first-order valence-electron chi connectivity index (χ1n) is 8.67. The van der Waals surface area contributed by atoms with Gasteiger partial charge in [0.2, 0.25) is 0 Å². The lowest BCUT2D eigenvalue weighted by molar-refractivity contribution is 0.519. The van der Waals surface area contributed by atoms with E-state index in [1.54, 1.807) is 6.20 Å². The molecule has 0 bridgehead atoms. The van der Waals surface area contributed by atoms with E-state index < -0.39 is 0 Å². The van der Waals surface area contributed by atoms with Gasteiger partial charge in [-0.25, -0.2) is 9.97 Å². The van der Waals surface area contributed by atoms with Crippen molar-refractivity contribution < 1.29 is 0 Å². The van der Waals surface area contributed by atoms with Crippen molar-refractivity contribution in [3.8, 4) is 11.8 Å². The van der Waals surface area contributed by atoms with Crippen LogP contribution in [0.1, 0.15) is 36.8 Å². The van der Waals surface area contributed by atoms with E-state index in [1.807, 2.05) is 41.0 Å². The Morgan fingerprint density at radius 1 is 1.20 bits per heavy atom. The molecule has 4 rings (SSSR count). The zero-order chi connectivity index (χ0) is 17.2. The van der Waals surface area contributed by atoms with Gasteiger partial charge in [0.1, 0.15) is 11.5 Å². The second-order valence-electron chi connectivity index (χ2n) is 6.63. The summed E-state index contributed by atoms with van der Waals surface area (Å²) in [5.74, 6) is 7.62. The Hall–Kier alpha value is -2.93. The second kappa shape index (κ2) is 6.52. The Bertz CT molecular complexity index is 1040. The van der Waals surface area contributed by atoms with Crippen LogP contribution in [-0.4, -0.2) is 14.5 Å². The predicted molar refractivity (Wildman–Crippen MR) is 98.3 cm³/mol. The molecule has 0 spiro atoms. The van der Waals surface area contributed by atoms with Crippen LogP contribution < -0.4 is 5.56 Å². The fourth-order valence-corrected chi connectivity index (χ4v) is 3.32. The summed E-state index contributed by atoms with van der Waals surface area (Å²) in [5.41, 5.74) is 2.37. The van der Waals surface area contributed by atoms with Gasteiger partial charge >= 0.3 is 0 Å². The monoisotopic (exact) mass is 329 g/mol. The van der Waals surface area contributed by atoms with Crippen LogP contribution in [0, 0.1) is 17.8 Å². The van der Waals surface area contributed by atoms with Crippen molar-refractivity contribution >= 4 is 10.9 Å². The van der Waals surface area contributed by atoms with Gasteiger partial charge in [0, 0.05) is 24.7 Å². The molecular weight excluding hydrogens is 310 g/mol. The number of aromatic nitrogens is 3. The molecule has 3 aromatic rings. The van der Waals surface area contributed by atoms with Crippen LogP contribution in [0.5, 0.6) is 0 Å². The van der Waals surface area contributed by atoms with Gasteiger partial charge in [-0.15, -0.1) is 0 Å². The maximum Gasteiger partial charge on any atom is 0.261 e. The molecule has 1 atom stereocenters. The van der Waals surface area contributed by atoms with Gasteiger partial charge in [-0.1, -0.05) is 18.9 Å². The minimum atomic E-state index is 0.0679. The molecule has 0 saturated heterocycles. The van der Waals surface area contributed by atoms with Gasteiger partial charge in [-0.3, -0.25) is 9.36 Å². The SMILES string of the molecule is C[C@H]1CCCn2c(nc3cc(C#Cc4ccccn4)ccc3c2=O)C1. The molecule has 124 valence electrons. The third kappa shape index (κ3) is 3.18. The molecule has 2 aromatic heterocycles.